The van der Waals surface area contributed by atoms with E-state index in [1.807, 2.05) is 0 Å². The molecule has 0 aromatic rings. The summed E-state index contributed by atoms with van der Waals surface area (Å²) >= 11 is 0. The Hall–Kier alpha value is -1.16. The average molecular weight is 491 g/mol. The van der Waals surface area contributed by atoms with Crippen molar-refractivity contribution in [2.45, 2.75) is 143 Å². The summed E-state index contributed by atoms with van der Waals surface area (Å²) in [5, 5.41) is 0. The van der Waals surface area contributed by atoms with E-state index in [1.165, 1.54) is 64.2 Å². The van der Waals surface area contributed by atoms with Gasteiger partial charge in [-0.3, -0.25) is 0 Å². The Labute approximate surface area is 219 Å². The molecule has 204 valence electrons. The van der Waals surface area contributed by atoms with Crippen LogP contribution in [0.15, 0.2) is 48.6 Å². The quantitative estimate of drug-likeness (QED) is 0.0685. The number of hydrogen-bond acceptors (Lipinski definition) is 3. The zero-order valence-corrected chi connectivity index (χ0v) is 23.7. The molecule has 3 heteroatoms. The van der Waals surface area contributed by atoms with Gasteiger partial charge in [-0.05, 0) is 64.2 Å². The Morgan fingerprint density at radius 1 is 0.486 bits per heavy atom. The van der Waals surface area contributed by atoms with E-state index in [2.05, 4.69) is 76.3 Å². The van der Waals surface area contributed by atoms with E-state index in [9.17, 15) is 0 Å². The van der Waals surface area contributed by atoms with Gasteiger partial charge in [-0.15, -0.1) is 0 Å². The lowest BCUT2D eigenvalue weighted by atomic mass is 10.1. The Morgan fingerprint density at radius 2 is 0.857 bits per heavy atom. The van der Waals surface area contributed by atoms with Crippen LogP contribution in [-0.2, 0) is 14.2 Å². The second-order valence-corrected chi connectivity index (χ2v) is 9.40. The average Bonchev–Trinajstić information content (AvgIpc) is 2.88. The van der Waals surface area contributed by atoms with Gasteiger partial charge in [0, 0.05) is 0 Å². The van der Waals surface area contributed by atoms with Gasteiger partial charge in [-0.1, -0.05) is 115 Å². The van der Waals surface area contributed by atoms with Gasteiger partial charge >= 0.3 is 0 Å². The van der Waals surface area contributed by atoms with Gasteiger partial charge < -0.3 is 14.2 Å². The molecular weight excluding hydrogens is 432 g/mol. The van der Waals surface area contributed by atoms with Gasteiger partial charge in [0.15, 0.2) is 0 Å². The molecule has 0 aromatic carbocycles. The highest BCUT2D eigenvalue weighted by molar-refractivity contribution is 5.02. The van der Waals surface area contributed by atoms with E-state index in [1.54, 1.807) is 0 Å². The molecule has 0 fully saturated rings. The molecule has 35 heavy (non-hydrogen) atoms. The lowest BCUT2D eigenvalue weighted by Crippen LogP contribution is -2.18. The molecule has 0 N–H and O–H groups in total. The summed E-state index contributed by atoms with van der Waals surface area (Å²) in [5.41, 5.74) is 0. The minimum atomic E-state index is 0.282. The lowest BCUT2D eigenvalue weighted by Gasteiger charge is -2.18. The molecule has 0 radical (unpaired) electrons. The standard InChI is InChI=1S/C32H58O3/c1-5-9-11-13-15-17-19-21-23-25-27-31(7-3)34-29-33-30-35-32(8-4)28-26-24-22-20-18-16-14-12-10-6-2/h13-20,31-32H,5-12,21-30H2,1-4H3. The second kappa shape index (κ2) is 29.1. The van der Waals surface area contributed by atoms with Crippen LogP contribution < -0.4 is 0 Å². The molecule has 0 bridgehead atoms. The highest BCUT2D eigenvalue weighted by atomic mass is 16.7. The Bertz CT molecular complexity index is 475. The maximum Gasteiger partial charge on any atom is 0.149 e. The largest absolute Gasteiger partial charge is 0.352 e. The van der Waals surface area contributed by atoms with Gasteiger partial charge in [0.25, 0.3) is 0 Å². The smallest absolute Gasteiger partial charge is 0.149 e. The summed E-state index contributed by atoms with van der Waals surface area (Å²) in [5.74, 6) is 0. The molecular formula is C32H58O3. The van der Waals surface area contributed by atoms with Crippen molar-refractivity contribution in [3.05, 3.63) is 48.6 Å². The molecule has 0 amide bonds. The van der Waals surface area contributed by atoms with Crippen LogP contribution in [0.4, 0.5) is 0 Å². The van der Waals surface area contributed by atoms with Crippen LogP contribution in [0.3, 0.4) is 0 Å². The first-order valence-corrected chi connectivity index (χ1v) is 14.7. The monoisotopic (exact) mass is 490 g/mol. The number of allylic oxidation sites excluding steroid dienone is 8. The number of hydrogen-bond donors (Lipinski definition) is 0. The third-order valence-corrected chi connectivity index (χ3v) is 6.19. The van der Waals surface area contributed by atoms with Crippen LogP contribution in [0.5, 0.6) is 0 Å². The van der Waals surface area contributed by atoms with Crippen molar-refractivity contribution in [2.75, 3.05) is 13.6 Å². The first-order chi connectivity index (χ1) is 17.3. The minimum Gasteiger partial charge on any atom is -0.352 e. The van der Waals surface area contributed by atoms with Crippen LogP contribution in [0.25, 0.3) is 0 Å². The Kier molecular flexibility index (Phi) is 28.1. The summed E-state index contributed by atoms with van der Waals surface area (Å²) in [6.45, 7) is 9.49. The summed E-state index contributed by atoms with van der Waals surface area (Å²) in [4.78, 5) is 0. The maximum absolute atomic E-state index is 5.91. The minimum absolute atomic E-state index is 0.282. The molecule has 3 nitrogen and oxygen atoms in total. The van der Waals surface area contributed by atoms with Gasteiger partial charge in [-0.2, -0.15) is 0 Å². The van der Waals surface area contributed by atoms with E-state index in [-0.39, 0.29) is 12.2 Å². The number of unbranched alkanes of at least 4 members (excludes halogenated alkanes) is 8. The molecule has 0 spiro atoms. The fourth-order valence-corrected chi connectivity index (χ4v) is 3.74. The summed E-state index contributed by atoms with van der Waals surface area (Å²) in [6.07, 6.45) is 37.2. The first-order valence-electron chi connectivity index (χ1n) is 14.7. The summed E-state index contributed by atoms with van der Waals surface area (Å²) in [7, 11) is 0. The second-order valence-electron chi connectivity index (χ2n) is 9.40. The SMILES string of the molecule is CCCCC=CC=CCCCCC(CC)OCOCOC(CC)CCCCC=CC=CCCCC. The summed E-state index contributed by atoms with van der Waals surface area (Å²) in [6, 6.07) is 0. The van der Waals surface area contributed by atoms with Crippen molar-refractivity contribution >= 4 is 0 Å². The van der Waals surface area contributed by atoms with E-state index in [0.717, 1.165) is 38.5 Å². The molecule has 0 aliphatic carbocycles. The third kappa shape index (κ3) is 25.7. The van der Waals surface area contributed by atoms with Crippen LogP contribution in [0.2, 0.25) is 0 Å². The van der Waals surface area contributed by atoms with Crippen molar-refractivity contribution in [3.63, 3.8) is 0 Å². The summed E-state index contributed by atoms with van der Waals surface area (Å²) < 4.78 is 17.4. The molecule has 2 atom stereocenters. The predicted octanol–water partition coefficient (Wildman–Crippen LogP) is 10.2. The maximum atomic E-state index is 5.91. The van der Waals surface area contributed by atoms with Crippen LogP contribution >= 0.6 is 0 Å². The van der Waals surface area contributed by atoms with Gasteiger partial charge in [0.2, 0.25) is 0 Å². The number of ether oxygens (including phenoxy) is 3. The first kappa shape index (κ1) is 33.8. The fraction of sp³-hybridized carbons (Fsp3) is 0.750. The number of rotatable bonds is 26. The van der Waals surface area contributed by atoms with Crippen molar-refractivity contribution in [2.24, 2.45) is 0 Å². The van der Waals surface area contributed by atoms with Gasteiger partial charge in [-0.25, -0.2) is 0 Å². The van der Waals surface area contributed by atoms with Crippen LogP contribution in [0, 0.1) is 0 Å². The van der Waals surface area contributed by atoms with Crippen molar-refractivity contribution < 1.29 is 14.2 Å². The van der Waals surface area contributed by atoms with Gasteiger partial charge in [0.05, 0.1) is 12.2 Å². The molecule has 0 heterocycles. The fourth-order valence-electron chi connectivity index (χ4n) is 3.74. The Balaban J connectivity index is 3.69. The van der Waals surface area contributed by atoms with Crippen LogP contribution in [-0.4, -0.2) is 25.8 Å². The van der Waals surface area contributed by atoms with E-state index >= 15 is 0 Å². The topological polar surface area (TPSA) is 27.7 Å². The van der Waals surface area contributed by atoms with E-state index in [4.69, 9.17) is 14.2 Å². The lowest BCUT2D eigenvalue weighted by molar-refractivity contribution is -0.166. The zero-order chi connectivity index (χ0) is 25.7. The van der Waals surface area contributed by atoms with E-state index in [0.29, 0.717) is 13.6 Å². The highest BCUT2D eigenvalue weighted by Gasteiger charge is 2.08. The molecule has 0 saturated heterocycles. The van der Waals surface area contributed by atoms with Gasteiger partial charge in [0.1, 0.15) is 13.6 Å². The van der Waals surface area contributed by atoms with Crippen molar-refractivity contribution in [3.8, 4) is 0 Å². The molecule has 2 unspecified atom stereocenters. The van der Waals surface area contributed by atoms with Crippen molar-refractivity contribution in [1.29, 1.82) is 0 Å². The zero-order valence-electron chi connectivity index (χ0n) is 23.7. The molecule has 0 saturated carbocycles. The van der Waals surface area contributed by atoms with Crippen molar-refractivity contribution in [1.82, 2.24) is 0 Å². The van der Waals surface area contributed by atoms with E-state index < -0.39 is 0 Å². The molecule has 0 aliphatic rings. The van der Waals surface area contributed by atoms with Crippen LogP contribution in [0.1, 0.15) is 130 Å². The Morgan fingerprint density at radius 3 is 1.20 bits per heavy atom. The normalized spacial score (nSPS) is 14.3. The molecule has 0 aliphatic heterocycles. The highest BCUT2D eigenvalue weighted by Crippen LogP contribution is 2.12. The molecule has 0 rings (SSSR count). The molecule has 0 aromatic heterocycles. The third-order valence-electron chi connectivity index (χ3n) is 6.19. The predicted molar refractivity (Wildman–Crippen MR) is 154 cm³/mol.